The van der Waals surface area contributed by atoms with E-state index in [2.05, 4.69) is 4.99 Å². The van der Waals surface area contributed by atoms with Crippen molar-refractivity contribution in [1.82, 2.24) is 8.87 Å². The molecular formula is C20H24FN3O3S. The van der Waals surface area contributed by atoms with Crippen LogP contribution in [0.15, 0.2) is 58.5 Å². The first-order valence-electron chi connectivity index (χ1n) is 9.30. The van der Waals surface area contributed by atoms with E-state index in [1.165, 1.54) is 16.4 Å². The van der Waals surface area contributed by atoms with Crippen molar-refractivity contribution in [1.29, 1.82) is 0 Å². The summed E-state index contributed by atoms with van der Waals surface area (Å²) in [7, 11) is -3.69. The number of carbonyl (C=O) groups is 1. The molecule has 150 valence electrons. The van der Waals surface area contributed by atoms with Gasteiger partial charge in [-0.15, -0.1) is 0 Å². The first-order valence-corrected chi connectivity index (χ1v) is 10.7. The average molecular weight is 405 g/mol. The van der Waals surface area contributed by atoms with Crippen LogP contribution in [0.4, 0.5) is 4.39 Å². The van der Waals surface area contributed by atoms with Crippen LogP contribution < -0.4 is 5.49 Å². The van der Waals surface area contributed by atoms with Gasteiger partial charge in [-0.2, -0.15) is 4.31 Å². The summed E-state index contributed by atoms with van der Waals surface area (Å²) in [6.45, 7) is 4.39. The third-order valence-corrected chi connectivity index (χ3v) is 6.63. The number of carbonyl (C=O) groups excluding carboxylic acids is 1. The van der Waals surface area contributed by atoms with Gasteiger partial charge in [0.2, 0.25) is 15.9 Å². The molecule has 0 radical (unpaired) electrons. The van der Waals surface area contributed by atoms with Crippen LogP contribution in [0.1, 0.15) is 31.5 Å². The van der Waals surface area contributed by atoms with Gasteiger partial charge in [-0.3, -0.25) is 14.4 Å². The molecule has 0 spiro atoms. The molecule has 1 fully saturated rings. The minimum atomic E-state index is -3.69. The summed E-state index contributed by atoms with van der Waals surface area (Å²) >= 11 is 0. The molecule has 8 heteroatoms. The van der Waals surface area contributed by atoms with E-state index in [0.29, 0.717) is 18.3 Å². The third kappa shape index (κ3) is 4.39. The fourth-order valence-electron chi connectivity index (χ4n) is 3.29. The summed E-state index contributed by atoms with van der Waals surface area (Å²) in [5.74, 6) is -0.822. The Balaban J connectivity index is 1.74. The highest BCUT2D eigenvalue weighted by Crippen LogP contribution is 2.24. The van der Waals surface area contributed by atoms with Crippen LogP contribution >= 0.6 is 0 Å². The molecule has 0 saturated carbocycles. The van der Waals surface area contributed by atoms with E-state index < -0.39 is 15.8 Å². The monoisotopic (exact) mass is 405 g/mol. The van der Waals surface area contributed by atoms with Gasteiger partial charge in [0.1, 0.15) is 11.3 Å². The molecule has 0 N–H and O–H groups in total. The lowest BCUT2D eigenvalue weighted by atomic mass is 9.97. The highest BCUT2D eigenvalue weighted by atomic mass is 32.2. The van der Waals surface area contributed by atoms with E-state index in [1.807, 2.05) is 19.9 Å². The predicted octanol–water partition coefficient (Wildman–Crippen LogP) is 2.68. The van der Waals surface area contributed by atoms with Crippen LogP contribution in [0.5, 0.6) is 0 Å². The van der Waals surface area contributed by atoms with E-state index in [9.17, 15) is 17.6 Å². The topological polar surface area (TPSA) is 71.7 Å². The van der Waals surface area contributed by atoms with Gasteiger partial charge in [-0.25, -0.2) is 12.8 Å². The maximum atomic E-state index is 13.1. The number of sulfonamides is 1. The Morgan fingerprint density at radius 3 is 2.36 bits per heavy atom. The number of nitrogens with zero attached hydrogens (tertiary/aromatic N) is 3. The van der Waals surface area contributed by atoms with Crippen LogP contribution in [0.25, 0.3) is 0 Å². The number of halogens is 1. The zero-order valence-electron chi connectivity index (χ0n) is 16.0. The molecule has 1 aromatic heterocycles. The number of hydrogen-bond donors (Lipinski definition) is 0. The number of aromatic nitrogens is 1. The minimum absolute atomic E-state index is 0.0594. The molecule has 3 rings (SSSR count). The smallest absolute Gasteiger partial charge is 0.243 e. The van der Waals surface area contributed by atoms with Crippen molar-refractivity contribution in [2.24, 2.45) is 10.9 Å². The second kappa shape index (κ2) is 8.36. The Bertz CT molecular complexity index is 1010. The van der Waals surface area contributed by atoms with Gasteiger partial charge in [0.15, 0.2) is 0 Å². The van der Waals surface area contributed by atoms with E-state index >= 15 is 0 Å². The SMILES string of the molecule is CC(C)N=c1ccccn1C(=O)C1CCN(S(=O)(=O)c2ccc(F)cc2)CC1. The molecule has 0 unspecified atom stereocenters. The standard InChI is InChI=1S/C20H24FN3O3S/c1-15(2)22-19-5-3-4-12-24(19)20(25)16-10-13-23(14-11-16)28(26,27)18-8-6-17(21)7-9-18/h3-9,12,15-16H,10-11,13-14H2,1-2H3. The normalized spacial score (nSPS) is 17.2. The predicted molar refractivity (Wildman–Crippen MR) is 104 cm³/mol. The van der Waals surface area contributed by atoms with Crippen molar-refractivity contribution in [3.05, 3.63) is 60.0 Å². The molecule has 1 saturated heterocycles. The van der Waals surface area contributed by atoms with Crippen molar-refractivity contribution >= 4 is 15.9 Å². The van der Waals surface area contributed by atoms with Crippen molar-refractivity contribution < 1.29 is 17.6 Å². The van der Waals surface area contributed by atoms with Crippen LogP contribution in [0.3, 0.4) is 0 Å². The summed E-state index contributed by atoms with van der Waals surface area (Å²) in [5.41, 5.74) is 0.601. The van der Waals surface area contributed by atoms with Crippen LogP contribution in [0, 0.1) is 11.7 Å². The molecule has 1 aliphatic heterocycles. The zero-order valence-corrected chi connectivity index (χ0v) is 16.8. The summed E-state index contributed by atoms with van der Waals surface area (Å²) < 4.78 is 41.4. The molecule has 28 heavy (non-hydrogen) atoms. The van der Waals surface area contributed by atoms with E-state index in [-0.39, 0.29) is 35.9 Å². The Hall–Kier alpha value is -2.32. The molecule has 1 aliphatic rings. The molecule has 0 amide bonds. The third-order valence-electron chi connectivity index (χ3n) is 4.72. The lowest BCUT2D eigenvalue weighted by Crippen LogP contribution is -2.42. The molecule has 2 aromatic rings. The first kappa shape index (κ1) is 20.4. The Kier molecular flexibility index (Phi) is 6.10. The van der Waals surface area contributed by atoms with Crippen molar-refractivity contribution in [2.75, 3.05) is 13.1 Å². The first-order chi connectivity index (χ1) is 13.3. The molecule has 6 nitrogen and oxygen atoms in total. The van der Waals surface area contributed by atoms with Gasteiger partial charge in [0, 0.05) is 31.2 Å². The molecular weight excluding hydrogens is 381 g/mol. The fourth-order valence-corrected chi connectivity index (χ4v) is 4.76. The summed E-state index contributed by atoms with van der Waals surface area (Å²) in [5, 5.41) is 0. The molecule has 0 aliphatic carbocycles. The van der Waals surface area contributed by atoms with Gasteiger partial charge in [0.05, 0.1) is 4.90 Å². The lowest BCUT2D eigenvalue weighted by Gasteiger charge is -2.30. The van der Waals surface area contributed by atoms with Crippen LogP contribution in [-0.2, 0) is 10.0 Å². The van der Waals surface area contributed by atoms with Crippen molar-refractivity contribution in [2.45, 2.75) is 37.6 Å². The van der Waals surface area contributed by atoms with Crippen molar-refractivity contribution in [3.63, 3.8) is 0 Å². The molecule has 0 atom stereocenters. The summed E-state index contributed by atoms with van der Waals surface area (Å²) in [6.07, 6.45) is 2.57. The molecule has 0 bridgehead atoms. The lowest BCUT2D eigenvalue weighted by molar-refractivity contribution is 0.0781. The quantitative estimate of drug-likeness (QED) is 0.785. The average Bonchev–Trinajstić information content (AvgIpc) is 2.68. The summed E-state index contributed by atoms with van der Waals surface area (Å²) in [4.78, 5) is 17.5. The van der Waals surface area contributed by atoms with Gasteiger partial charge in [-0.05, 0) is 63.1 Å². The maximum Gasteiger partial charge on any atom is 0.243 e. The van der Waals surface area contributed by atoms with Crippen LogP contribution in [-0.4, -0.2) is 42.3 Å². The Morgan fingerprint density at radius 1 is 1.11 bits per heavy atom. The van der Waals surface area contributed by atoms with Gasteiger partial charge >= 0.3 is 0 Å². The maximum absolute atomic E-state index is 13.1. The minimum Gasteiger partial charge on any atom is -0.274 e. The van der Waals surface area contributed by atoms with Gasteiger partial charge in [-0.1, -0.05) is 6.07 Å². The highest BCUT2D eigenvalue weighted by Gasteiger charge is 2.32. The number of benzene rings is 1. The van der Waals surface area contributed by atoms with E-state index in [0.717, 1.165) is 12.1 Å². The zero-order chi connectivity index (χ0) is 20.3. The number of rotatable bonds is 4. The molecule has 1 aromatic carbocycles. The molecule has 2 heterocycles. The van der Waals surface area contributed by atoms with Gasteiger partial charge < -0.3 is 0 Å². The Morgan fingerprint density at radius 2 is 1.75 bits per heavy atom. The van der Waals surface area contributed by atoms with Gasteiger partial charge in [0.25, 0.3) is 0 Å². The van der Waals surface area contributed by atoms with E-state index in [4.69, 9.17) is 0 Å². The van der Waals surface area contributed by atoms with E-state index in [1.54, 1.807) is 22.9 Å². The number of piperidine rings is 1. The second-order valence-electron chi connectivity index (χ2n) is 7.12. The number of hydrogen-bond acceptors (Lipinski definition) is 4. The second-order valence-corrected chi connectivity index (χ2v) is 9.06. The number of pyridine rings is 1. The summed E-state index contributed by atoms with van der Waals surface area (Å²) in [6, 6.07) is 10.3. The van der Waals surface area contributed by atoms with Crippen molar-refractivity contribution in [3.8, 4) is 0 Å². The fraction of sp³-hybridized carbons (Fsp3) is 0.400. The largest absolute Gasteiger partial charge is 0.274 e. The highest BCUT2D eigenvalue weighted by molar-refractivity contribution is 7.89. The Labute approximate surface area is 164 Å². The van der Waals surface area contributed by atoms with Crippen LogP contribution in [0.2, 0.25) is 0 Å².